The number of carbonyl (C=O) groups is 1. The van der Waals surface area contributed by atoms with Crippen LogP contribution in [0, 0.1) is 0 Å². The zero-order valence-corrected chi connectivity index (χ0v) is 15.2. The number of amides is 1. The minimum atomic E-state index is -0.700. The SMILES string of the molecule is CCNC(=NCC(O)c1ccc(Cl)cc1)N1CCN(C2CC2)C(=O)C1. The summed E-state index contributed by atoms with van der Waals surface area (Å²) in [5.74, 6) is 0.844. The monoisotopic (exact) mass is 364 g/mol. The third-order valence-corrected chi connectivity index (χ3v) is 4.80. The average Bonchev–Trinajstić information content (AvgIpc) is 3.43. The van der Waals surface area contributed by atoms with Crippen molar-refractivity contribution in [2.24, 2.45) is 4.99 Å². The molecule has 6 nitrogen and oxygen atoms in total. The van der Waals surface area contributed by atoms with Crippen molar-refractivity contribution in [3.8, 4) is 0 Å². The molecule has 2 N–H and O–H groups in total. The number of nitrogens with zero attached hydrogens (tertiary/aromatic N) is 3. The zero-order chi connectivity index (χ0) is 17.8. The number of aliphatic imine (C=N–C) groups is 1. The maximum Gasteiger partial charge on any atom is 0.242 e. The lowest BCUT2D eigenvalue weighted by molar-refractivity contribution is -0.135. The summed E-state index contributed by atoms with van der Waals surface area (Å²) in [5, 5.41) is 14.2. The van der Waals surface area contributed by atoms with Crippen molar-refractivity contribution in [1.29, 1.82) is 0 Å². The highest BCUT2D eigenvalue weighted by Crippen LogP contribution is 2.28. The molecule has 1 aliphatic heterocycles. The van der Waals surface area contributed by atoms with Crippen molar-refractivity contribution in [3.63, 3.8) is 0 Å². The lowest BCUT2D eigenvalue weighted by Crippen LogP contribution is -2.55. The molecule has 1 atom stereocenters. The number of aliphatic hydroxyl groups is 1. The first-order chi connectivity index (χ1) is 12.1. The van der Waals surface area contributed by atoms with Gasteiger partial charge in [-0.2, -0.15) is 0 Å². The molecule has 1 saturated carbocycles. The van der Waals surface area contributed by atoms with Crippen molar-refractivity contribution in [2.45, 2.75) is 31.9 Å². The van der Waals surface area contributed by atoms with Gasteiger partial charge in [0, 0.05) is 30.7 Å². The molecule has 0 spiro atoms. The van der Waals surface area contributed by atoms with E-state index in [2.05, 4.69) is 10.3 Å². The highest BCUT2D eigenvalue weighted by molar-refractivity contribution is 6.30. The van der Waals surface area contributed by atoms with Gasteiger partial charge in [-0.3, -0.25) is 9.79 Å². The van der Waals surface area contributed by atoms with E-state index in [1.54, 1.807) is 24.3 Å². The van der Waals surface area contributed by atoms with Gasteiger partial charge >= 0.3 is 0 Å². The van der Waals surface area contributed by atoms with Crippen molar-refractivity contribution in [3.05, 3.63) is 34.9 Å². The van der Waals surface area contributed by atoms with Crippen LogP contribution in [-0.2, 0) is 4.79 Å². The molecule has 136 valence electrons. The van der Waals surface area contributed by atoms with Gasteiger partial charge in [0.15, 0.2) is 5.96 Å². The smallest absolute Gasteiger partial charge is 0.242 e. The van der Waals surface area contributed by atoms with Gasteiger partial charge in [0.25, 0.3) is 0 Å². The first-order valence-electron chi connectivity index (χ1n) is 8.84. The molecule has 1 unspecified atom stereocenters. The molecule has 1 heterocycles. The maximum absolute atomic E-state index is 12.3. The Labute approximate surface area is 153 Å². The largest absolute Gasteiger partial charge is 0.386 e. The van der Waals surface area contributed by atoms with Gasteiger partial charge in [0.05, 0.1) is 19.2 Å². The van der Waals surface area contributed by atoms with E-state index in [9.17, 15) is 9.90 Å². The molecule has 1 aromatic rings. The number of halogens is 1. The fourth-order valence-electron chi connectivity index (χ4n) is 3.03. The number of guanidine groups is 1. The molecular weight excluding hydrogens is 340 g/mol. The summed E-state index contributed by atoms with van der Waals surface area (Å²) in [7, 11) is 0. The molecule has 2 fully saturated rings. The molecule has 2 aliphatic rings. The number of nitrogens with one attached hydrogen (secondary N) is 1. The Bertz CT molecular complexity index is 630. The van der Waals surface area contributed by atoms with Crippen LogP contribution in [0.4, 0.5) is 0 Å². The molecular formula is C18H25ClN4O2. The van der Waals surface area contributed by atoms with E-state index < -0.39 is 6.10 Å². The Morgan fingerprint density at radius 2 is 2.08 bits per heavy atom. The van der Waals surface area contributed by atoms with Crippen LogP contribution >= 0.6 is 11.6 Å². The Hall–Kier alpha value is -1.79. The van der Waals surface area contributed by atoms with E-state index in [0.29, 0.717) is 30.1 Å². The molecule has 1 amide bonds. The third kappa shape index (κ3) is 4.64. The third-order valence-electron chi connectivity index (χ3n) is 4.55. The topological polar surface area (TPSA) is 68.2 Å². The molecule has 0 radical (unpaired) electrons. The predicted octanol–water partition coefficient (Wildman–Crippen LogP) is 1.65. The fourth-order valence-corrected chi connectivity index (χ4v) is 3.15. The van der Waals surface area contributed by atoms with Gasteiger partial charge in [0.2, 0.25) is 5.91 Å². The van der Waals surface area contributed by atoms with E-state index >= 15 is 0 Å². The minimum absolute atomic E-state index is 0.164. The van der Waals surface area contributed by atoms with Gasteiger partial charge in [-0.25, -0.2) is 0 Å². The van der Waals surface area contributed by atoms with Crippen LogP contribution < -0.4 is 5.32 Å². The highest BCUT2D eigenvalue weighted by atomic mass is 35.5. The van der Waals surface area contributed by atoms with E-state index in [1.165, 1.54) is 0 Å². The van der Waals surface area contributed by atoms with Gasteiger partial charge in [-0.1, -0.05) is 23.7 Å². The first-order valence-corrected chi connectivity index (χ1v) is 9.22. The molecule has 7 heteroatoms. The van der Waals surface area contributed by atoms with Gasteiger partial charge in [0.1, 0.15) is 0 Å². The highest BCUT2D eigenvalue weighted by Gasteiger charge is 2.36. The van der Waals surface area contributed by atoms with Crippen LogP contribution in [0.15, 0.2) is 29.3 Å². The summed E-state index contributed by atoms with van der Waals surface area (Å²) in [4.78, 5) is 20.8. The Kier molecular flexibility index (Phi) is 5.81. The Morgan fingerprint density at radius 3 is 2.68 bits per heavy atom. The lowest BCUT2D eigenvalue weighted by Gasteiger charge is -2.36. The quantitative estimate of drug-likeness (QED) is 0.615. The molecule has 3 rings (SSSR count). The van der Waals surface area contributed by atoms with Crippen molar-refractivity contribution >= 4 is 23.5 Å². The number of hydrogen-bond donors (Lipinski definition) is 2. The number of aliphatic hydroxyl groups excluding tert-OH is 1. The molecule has 1 aromatic carbocycles. The van der Waals surface area contributed by atoms with Crippen LogP contribution in [0.25, 0.3) is 0 Å². The maximum atomic E-state index is 12.3. The van der Waals surface area contributed by atoms with E-state index in [4.69, 9.17) is 11.6 Å². The summed E-state index contributed by atoms with van der Waals surface area (Å²) in [5.41, 5.74) is 0.777. The molecule has 1 saturated heterocycles. The zero-order valence-electron chi connectivity index (χ0n) is 14.5. The van der Waals surface area contributed by atoms with Crippen LogP contribution in [0.2, 0.25) is 5.02 Å². The summed E-state index contributed by atoms with van der Waals surface area (Å²) in [6.07, 6.45) is 1.56. The van der Waals surface area contributed by atoms with Crippen molar-refractivity contribution in [2.75, 3.05) is 32.7 Å². The minimum Gasteiger partial charge on any atom is -0.386 e. The Balaban J connectivity index is 1.62. The van der Waals surface area contributed by atoms with Crippen molar-refractivity contribution < 1.29 is 9.90 Å². The second-order valence-corrected chi connectivity index (χ2v) is 6.94. The number of hydrogen-bond acceptors (Lipinski definition) is 3. The van der Waals surface area contributed by atoms with Gasteiger partial charge in [-0.05, 0) is 37.5 Å². The van der Waals surface area contributed by atoms with Crippen LogP contribution in [0.5, 0.6) is 0 Å². The van der Waals surface area contributed by atoms with E-state index in [-0.39, 0.29) is 12.5 Å². The average molecular weight is 365 g/mol. The summed E-state index contributed by atoms with van der Waals surface area (Å²) < 4.78 is 0. The van der Waals surface area contributed by atoms with Gasteiger partial charge in [-0.15, -0.1) is 0 Å². The number of benzene rings is 1. The standard InChI is InChI=1S/C18H25ClN4O2/c1-2-20-18(21-11-16(24)13-3-5-14(19)6-4-13)22-9-10-23(15-7-8-15)17(25)12-22/h3-6,15-16,24H,2,7-12H2,1H3,(H,20,21). The number of piperazine rings is 1. The predicted molar refractivity (Wildman–Crippen MR) is 98.7 cm³/mol. The molecule has 1 aliphatic carbocycles. The summed E-state index contributed by atoms with van der Waals surface area (Å²) in [6, 6.07) is 7.57. The first kappa shape index (κ1) is 18.0. The number of rotatable bonds is 5. The Morgan fingerprint density at radius 1 is 1.36 bits per heavy atom. The van der Waals surface area contributed by atoms with Crippen LogP contribution in [0.3, 0.4) is 0 Å². The normalized spacial score (nSPS) is 20.0. The van der Waals surface area contributed by atoms with Crippen LogP contribution in [0.1, 0.15) is 31.4 Å². The number of carbonyl (C=O) groups excluding carboxylic acids is 1. The van der Waals surface area contributed by atoms with Crippen LogP contribution in [-0.4, -0.2) is 65.5 Å². The molecule has 0 aromatic heterocycles. The van der Waals surface area contributed by atoms with E-state index in [1.807, 2.05) is 16.7 Å². The van der Waals surface area contributed by atoms with Gasteiger partial charge < -0.3 is 20.2 Å². The summed E-state index contributed by atoms with van der Waals surface area (Å²) in [6.45, 7) is 4.81. The van der Waals surface area contributed by atoms with E-state index in [0.717, 1.165) is 31.5 Å². The second-order valence-electron chi connectivity index (χ2n) is 6.50. The molecule has 0 bridgehead atoms. The summed E-state index contributed by atoms with van der Waals surface area (Å²) >= 11 is 5.88. The molecule has 25 heavy (non-hydrogen) atoms. The van der Waals surface area contributed by atoms with Crippen molar-refractivity contribution in [1.82, 2.24) is 15.1 Å². The fraction of sp³-hybridized carbons (Fsp3) is 0.556. The second kappa shape index (κ2) is 8.06. The lowest BCUT2D eigenvalue weighted by atomic mass is 10.1.